The van der Waals surface area contributed by atoms with Crippen LogP contribution in [0.3, 0.4) is 0 Å². The van der Waals surface area contributed by atoms with Crippen LogP contribution in [0.2, 0.25) is 0 Å². The number of hydrogen-bond donors (Lipinski definition) is 1. The van der Waals surface area contributed by atoms with E-state index in [2.05, 4.69) is 6.92 Å². The van der Waals surface area contributed by atoms with Crippen molar-refractivity contribution >= 4 is 17.6 Å². The predicted molar refractivity (Wildman–Crippen MR) is 68.7 cm³/mol. The molecule has 0 saturated heterocycles. The fraction of sp³-hybridized carbons (Fsp3) is 0.429. The number of anilines is 1. The number of aryl methyl sites for hydroxylation is 1. The zero-order valence-electron chi connectivity index (χ0n) is 10.9. The lowest BCUT2D eigenvalue weighted by atomic mass is 10.0. The number of nitrogens with zero attached hydrogens (tertiary/aromatic N) is 1. The first-order valence-electron chi connectivity index (χ1n) is 6.06. The number of benzene rings is 1. The van der Waals surface area contributed by atoms with Crippen LogP contribution in [-0.4, -0.2) is 22.5 Å². The Morgan fingerprint density at radius 2 is 2.11 bits per heavy atom. The summed E-state index contributed by atoms with van der Waals surface area (Å²) in [6.07, 6.45) is 1.20. The highest BCUT2D eigenvalue weighted by molar-refractivity contribution is 6.07. The molecule has 1 aromatic rings. The van der Waals surface area contributed by atoms with Gasteiger partial charge in [-0.2, -0.15) is 0 Å². The lowest BCUT2D eigenvalue weighted by Gasteiger charge is -2.32. The van der Waals surface area contributed by atoms with Crippen LogP contribution < -0.4 is 4.90 Å². The Morgan fingerprint density at radius 1 is 1.44 bits per heavy atom. The van der Waals surface area contributed by atoms with Crippen LogP contribution in [0.1, 0.15) is 31.9 Å². The molecule has 0 atom stereocenters. The second-order valence-electron chi connectivity index (χ2n) is 5.09. The van der Waals surface area contributed by atoms with Crippen molar-refractivity contribution in [2.24, 2.45) is 0 Å². The van der Waals surface area contributed by atoms with E-state index in [9.17, 15) is 14.7 Å². The summed E-state index contributed by atoms with van der Waals surface area (Å²) in [5.41, 5.74) is 1.60. The summed E-state index contributed by atoms with van der Waals surface area (Å²) in [7, 11) is 0. The quantitative estimate of drug-likeness (QED) is 0.888. The molecule has 1 N–H and O–H groups in total. The van der Waals surface area contributed by atoms with Gasteiger partial charge in [-0.1, -0.05) is 19.1 Å². The van der Waals surface area contributed by atoms with Crippen molar-refractivity contribution in [3.8, 4) is 0 Å². The Kier molecular flexibility index (Phi) is 2.89. The van der Waals surface area contributed by atoms with Gasteiger partial charge >= 0.3 is 5.97 Å². The van der Waals surface area contributed by atoms with Crippen LogP contribution in [0.4, 0.5) is 5.69 Å². The number of carboxylic acids is 1. The van der Waals surface area contributed by atoms with E-state index >= 15 is 0 Å². The molecule has 0 saturated carbocycles. The maximum absolute atomic E-state index is 12.0. The molecule has 1 aromatic carbocycles. The Bertz CT molecular complexity index is 520. The number of carbonyl (C=O) groups is 2. The van der Waals surface area contributed by atoms with Crippen LogP contribution in [0.15, 0.2) is 18.2 Å². The molecule has 0 radical (unpaired) electrons. The molecule has 4 nitrogen and oxygen atoms in total. The summed E-state index contributed by atoms with van der Waals surface area (Å²) in [4.78, 5) is 24.7. The molecular formula is C14H17NO3. The number of carboxylic acid groups (broad SMARTS) is 1. The number of amides is 1. The Balaban J connectivity index is 2.49. The molecule has 1 amide bonds. The van der Waals surface area contributed by atoms with Crippen molar-refractivity contribution in [1.29, 1.82) is 0 Å². The van der Waals surface area contributed by atoms with Gasteiger partial charge in [-0.15, -0.1) is 0 Å². The van der Waals surface area contributed by atoms with Gasteiger partial charge < -0.3 is 5.11 Å². The van der Waals surface area contributed by atoms with Gasteiger partial charge in [0.2, 0.25) is 5.91 Å². The molecule has 0 bridgehead atoms. The van der Waals surface area contributed by atoms with E-state index in [4.69, 9.17) is 0 Å². The lowest BCUT2D eigenvalue weighted by molar-refractivity contribution is -0.143. The van der Waals surface area contributed by atoms with Crippen LogP contribution in [-0.2, 0) is 22.4 Å². The molecule has 2 rings (SSSR count). The fourth-order valence-electron chi connectivity index (χ4n) is 2.30. The highest BCUT2D eigenvalue weighted by Gasteiger charge is 2.43. The zero-order chi connectivity index (χ0) is 13.5. The van der Waals surface area contributed by atoms with Gasteiger partial charge in [-0.25, -0.2) is 4.79 Å². The van der Waals surface area contributed by atoms with E-state index in [1.807, 2.05) is 18.2 Å². The summed E-state index contributed by atoms with van der Waals surface area (Å²) in [6.45, 7) is 5.16. The van der Waals surface area contributed by atoms with E-state index in [0.29, 0.717) is 6.42 Å². The third kappa shape index (κ3) is 1.78. The first-order chi connectivity index (χ1) is 8.37. The number of hydrogen-bond acceptors (Lipinski definition) is 2. The molecule has 0 aromatic heterocycles. The van der Waals surface area contributed by atoms with Gasteiger partial charge in [0, 0.05) is 5.69 Å². The van der Waals surface area contributed by atoms with E-state index in [1.54, 1.807) is 13.8 Å². The highest BCUT2D eigenvalue weighted by Crippen LogP contribution is 2.35. The van der Waals surface area contributed by atoms with E-state index in [0.717, 1.165) is 23.2 Å². The Hall–Kier alpha value is -1.84. The molecular weight excluding hydrogens is 230 g/mol. The van der Waals surface area contributed by atoms with Crippen LogP contribution in [0.25, 0.3) is 0 Å². The van der Waals surface area contributed by atoms with Gasteiger partial charge in [-0.3, -0.25) is 9.69 Å². The van der Waals surface area contributed by atoms with Crippen molar-refractivity contribution < 1.29 is 14.7 Å². The van der Waals surface area contributed by atoms with Crippen molar-refractivity contribution in [1.82, 2.24) is 0 Å². The molecule has 0 aliphatic carbocycles. The second kappa shape index (κ2) is 4.12. The van der Waals surface area contributed by atoms with E-state index in [-0.39, 0.29) is 5.91 Å². The summed E-state index contributed by atoms with van der Waals surface area (Å²) in [5, 5.41) is 9.25. The molecule has 1 heterocycles. The number of aliphatic carboxylic acids is 1. The third-order valence-electron chi connectivity index (χ3n) is 3.47. The summed E-state index contributed by atoms with van der Waals surface area (Å²) in [6, 6.07) is 5.79. The van der Waals surface area contributed by atoms with Crippen LogP contribution in [0.5, 0.6) is 0 Å². The van der Waals surface area contributed by atoms with Crippen LogP contribution in [0, 0.1) is 0 Å². The molecule has 1 aliphatic rings. The molecule has 0 unspecified atom stereocenters. The topological polar surface area (TPSA) is 57.6 Å². The molecule has 1 aliphatic heterocycles. The molecule has 18 heavy (non-hydrogen) atoms. The average molecular weight is 247 g/mol. The average Bonchev–Trinajstić information content (AvgIpc) is 2.63. The minimum Gasteiger partial charge on any atom is -0.480 e. The first kappa shape index (κ1) is 12.6. The van der Waals surface area contributed by atoms with Gasteiger partial charge in [0.25, 0.3) is 0 Å². The number of rotatable bonds is 3. The normalized spacial score (nSPS) is 14.8. The maximum atomic E-state index is 12.0. The Labute approximate surface area is 106 Å². The smallest absolute Gasteiger partial charge is 0.329 e. The first-order valence-corrected chi connectivity index (χ1v) is 6.06. The maximum Gasteiger partial charge on any atom is 0.329 e. The molecule has 96 valence electrons. The highest BCUT2D eigenvalue weighted by atomic mass is 16.4. The minimum absolute atomic E-state index is 0.148. The van der Waals surface area contributed by atoms with Gasteiger partial charge in [-0.05, 0) is 37.5 Å². The largest absolute Gasteiger partial charge is 0.480 e. The minimum atomic E-state index is -1.21. The monoisotopic (exact) mass is 247 g/mol. The summed E-state index contributed by atoms with van der Waals surface area (Å²) >= 11 is 0. The SMILES string of the molecule is CCc1ccc2c(c1)CC(=O)N2C(C)(C)C(=O)O. The fourth-order valence-corrected chi connectivity index (χ4v) is 2.30. The second-order valence-corrected chi connectivity index (χ2v) is 5.09. The van der Waals surface area contributed by atoms with Gasteiger partial charge in [0.1, 0.15) is 5.54 Å². The Morgan fingerprint density at radius 3 is 2.67 bits per heavy atom. The summed E-state index contributed by atoms with van der Waals surface area (Å²) < 4.78 is 0. The number of fused-ring (bicyclic) bond motifs is 1. The van der Waals surface area contributed by atoms with Gasteiger partial charge in [0.15, 0.2) is 0 Å². The van der Waals surface area contributed by atoms with E-state index < -0.39 is 11.5 Å². The van der Waals surface area contributed by atoms with Crippen molar-refractivity contribution in [3.63, 3.8) is 0 Å². The third-order valence-corrected chi connectivity index (χ3v) is 3.47. The number of carbonyl (C=O) groups excluding carboxylic acids is 1. The predicted octanol–water partition coefficient (Wildman–Crippen LogP) is 2.00. The lowest BCUT2D eigenvalue weighted by Crippen LogP contribution is -2.51. The van der Waals surface area contributed by atoms with Crippen molar-refractivity contribution in [2.45, 2.75) is 39.2 Å². The van der Waals surface area contributed by atoms with Crippen molar-refractivity contribution in [3.05, 3.63) is 29.3 Å². The van der Waals surface area contributed by atoms with E-state index in [1.165, 1.54) is 4.90 Å². The van der Waals surface area contributed by atoms with Crippen molar-refractivity contribution in [2.75, 3.05) is 4.90 Å². The standard InChI is InChI=1S/C14H17NO3/c1-4-9-5-6-11-10(7-9)8-12(16)15(11)14(2,3)13(17)18/h5-7H,4,8H2,1-3H3,(H,17,18). The summed E-state index contributed by atoms with van der Waals surface area (Å²) in [5.74, 6) is -1.14. The van der Waals surface area contributed by atoms with Gasteiger partial charge in [0.05, 0.1) is 6.42 Å². The van der Waals surface area contributed by atoms with Crippen LogP contribution >= 0.6 is 0 Å². The molecule has 0 fully saturated rings. The zero-order valence-corrected chi connectivity index (χ0v) is 10.9. The molecule has 4 heteroatoms. The molecule has 0 spiro atoms.